The van der Waals surface area contributed by atoms with Gasteiger partial charge in [0.25, 0.3) is 0 Å². The van der Waals surface area contributed by atoms with Crippen molar-refractivity contribution >= 4 is 38.4 Å². The van der Waals surface area contributed by atoms with Gasteiger partial charge in [-0.15, -0.1) is 0 Å². The molecule has 162 valence electrons. The van der Waals surface area contributed by atoms with Gasteiger partial charge in [0.2, 0.25) is 0 Å². The highest BCUT2D eigenvalue weighted by molar-refractivity contribution is 7.90. The highest BCUT2D eigenvalue weighted by Gasteiger charge is 2.11. The third kappa shape index (κ3) is 5.55. The van der Waals surface area contributed by atoms with Crippen molar-refractivity contribution in [2.45, 2.75) is 17.9 Å². The number of rotatable bonds is 7. The maximum absolute atomic E-state index is 12.0. The number of aromatic nitrogens is 1. The molecule has 6 heteroatoms. The summed E-state index contributed by atoms with van der Waals surface area (Å²) < 4.78 is 29.8. The van der Waals surface area contributed by atoms with Crippen molar-refractivity contribution in [3.63, 3.8) is 0 Å². The van der Waals surface area contributed by atoms with E-state index in [1.165, 1.54) is 6.26 Å². The van der Waals surface area contributed by atoms with Crippen LogP contribution in [0, 0.1) is 0 Å². The van der Waals surface area contributed by atoms with E-state index in [0.29, 0.717) is 22.9 Å². The van der Waals surface area contributed by atoms with E-state index in [-0.39, 0.29) is 0 Å². The zero-order valence-corrected chi connectivity index (χ0v) is 19.1. The van der Waals surface area contributed by atoms with Gasteiger partial charge < -0.3 is 4.74 Å². The second-order valence-electron chi connectivity index (χ2n) is 7.49. The largest absolute Gasteiger partial charge is 0.487 e. The highest BCUT2D eigenvalue weighted by atomic mass is 35.5. The summed E-state index contributed by atoms with van der Waals surface area (Å²) in [5.41, 5.74) is 3.40. The lowest BCUT2D eigenvalue weighted by atomic mass is 10.1. The Bertz CT molecular complexity index is 1400. The van der Waals surface area contributed by atoms with Crippen LogP contribution in [0.25, 0.3) is 17.0 Å². The van der Waals surface area contributed by atoms with E-state index in [1.54, 1.807) is 12.1 Å². The first-order valence-corrected chi connectivity index (χ1v) is 12.4. The molecule has 0 aliphatic heterocycles. The fraction of sp³-hybridized carbons (Fsp3) is 0.115. The second-order valence-corrected chi connectivity index (χ2v) is 9.91. The Labute approximate surface area is 193 Å². The van der Waals surface area contributed by atoms with Crippen LogP contribution in [0.2, 0.25) is 5.02 Å². The summed E-state index contributed by atoms with van der Waals surface area (Å²) in [6, 6.07) is 24.4. The lowest BCUT2D eigenvalue weighted by molar-refractivity contribution is 0.302. The fourth-order valence-electron chi connectivity index (χ4n) is 3.43. The van der Waals surface area contributed by atoms with Gasteiger partial charge in [0, 0.05) is 16.7 Å². The molecule has 0 aliphatic carbocycles. The molecule has 4 nitrogen and oxygen atoms in total. The summed E-state index contributed by atoms with van der Waals surface area (Å²) in [6.07, 6.45) is 5.67. The predicted octanol–water partition coefficient (Wildman–Crippen LogP) is 6.13. The predicted molar refractivity (Wildman–Crippen MR) is 130 cm³/mol. The summed E-state index contributed by atoms with van der Waals surface area (Å²) in [4.78, 5) is 4.98. The number of sulfone groups is 1. The molecule has 4 rings (SSSR count). The van der Waals surface area contributed by atoms with E-state index in [1.807, 2.05) is 78.9 Å². The number of fused-ring (bicyclic) bond motifs is 1. The number of hydrogen-bond acceptors (Lipinski definition) is 4. The van der Waals surface area contributed by atoms with Crippen molar-refractivity contribution in [3.8, 4) is 5.75 Å². The molecule has 0 unspecified atom stereocenters. The molecule has 0 atom stereocenters. The summed E-state index contributed by atoms with van der Waals surface area (Å²) in [6.45, 7) is 0.345. The minimum absolute atomic E-state index is 0.345. The van der Waals surface area contributed by atoms with E-state index in [2.05, 4.69) is 4.98 Å². The van der Waals surface area contributed by atoms with Crippen LogP contribution in [0.3, 0.4) is 0 Å². The number of hydrogen-bond donors (Lipinski definition) is 0. The molecule has 3 aromatic carbocycles. The smallest absolute Gasteiger partial charge is 0.175 e. The summed E-state index contributed by atoms with van der Waals surface area (Å²) in [5, 5.41) is 1.68. The zero-order chi connectivity index (χ0) is 22.6. The molecule has 0 saturated carbocycles. The highest BCUT2D eigenvalue weighted by Crippen LogP contribution is 2.21. The first kappa shape index (κ1) is 22.1. The van der Waals surface area contributed by atoms with Gasteiger partial charge in [0.15, 0.2) is 9.84 Å². The first-order valence-electron chi connectivity index (χ1n) is 10.1. The molecule has 0 bridgehead atoms. The number of benzene rings is 3. The third-order valence-electron chi connectivity index (χ3n) is 4.98. The maximum Gasteiger partial charge on any atom is 0.175 e. The van der Waals surface area contributed by atoms with Crippen molar-refractivity contribution in [2.75, 3.05) is 6.26 Å². The Morgan fingerprint density at radius 1 is 0.969 bits per heavy atom. The fourth-order valence-corrected chi connectivity index (χ4v) is 4.55. The van der Waals surface area contributed by atoms with Crippen molar-refractivity contribution in [1.29, 1.82) is 0 Å². The number of pyridine rings is 1. The van der Waals surface area contributed by atoms with Crippen LogP contribution in [0.15, 0.2) is 89.8 Å². The Balaban J connectivity index is 1.43. The van der Waals surface area contributed by atoms with Crippen LogP contribution in [0.5, 0.6) is 5.75 Å². The molecule has 1 aromatic heterocycles. The van der Waals surface area contributed by atoms with Gasteiger partial charge in [-0.25, -0.2) is 13.4 Å². The van der Waals surface area contributed by atoms with E-state index in [0.717, 1.165) is 33.5 Å². The van der Waals surface area contributed by atoms with E-state index in [4.69, 9.17) is 16.3 Å². The molecule has 0 saturated heterocycles. The number of halogens is 1. The molecule has 0 fully saturated rings. The monoisotopic (exact) mass is 463 g/mol. The SMILES string of the molecule is CS(=O)(=O)c1ccccc1CC=Cc1cccc(OCc2ccc3ccc(Cl)cc3n2)c1. The summed E-state index contributed by atoms with van der Waals surface area (Å²) >= 11 is 6.07. The standard InChI is InChI=1S/C26H22ClNO3S/c1-32(29,30)26-11-3-2-8-21(26)9-4-6-19-7-5-10-24(16-19)31-18-23-15-13-20-12-14-22(27)17-25(20)28-23/h2-8,10-17H,9,18H2,1H3. The zero-order valence-electron chi connectivity index (χ0n) is 17.5. The van der Waals surface area contributed by atoms with Crippen LogP contribution >= 0.6 is 11.6 Å². The van der Waals surface area contributed by atoms with Crippen LogP contribution in [0.4, 0.5) is 0 Å². The molecule has 0 aliphatic rings. The molecule has 0 spiro atoms. The lowest BCUT2D eigenvalue weighted by Gasteiger charge is -2.08. The van der Waals surface area contributed by atoms with Gasteiger partial charge in [0.05, 0.1) is 16.1 Å². The minimum Gasteiger partial charge on any atom is -0.487 e. The van der Waals surface area contributed by atoms with Gasteiger partial charge >= 0.3 is 0 Å². The molecule has 1 heterocycles. The van der Waals surface area contributed by atoms with Gasteiger partial charge in [-0.05, 0) is 53.9 Å². The van der Waals surface area contributed by atoms with Crippen LogP contribution in [0.1, 0.15) is 16.8 Å². The topological polar surface area (TPSA) is 56.3 Å². The van der Waals surface area contributed by atoms with E-state index >= 15 is 0 Å². The second kappa shape index (κ2) is 9.55. The van der Waals surface area contributed by atoms with Crippen LogP contribution < -0.4 is 4.74 Å². The Morgan fingerprint density at radius 3 is 2.62 bits per heavy atom. The lowest BCUT2D eigenvalue weighted by Crippen LogP contribution is -2.01. The summed E-state index contributed by atoms with van der Waals surface area (Å²) in [5.74, 6) is 0.733. The number of nitrogens with zero attached hydrogens (tertiary/aromatic N) is 1. The third-order valence-corrected chi connectivity index (χ3v) is 6.41. The average molecular weight is 464 g/mol. The Hall–Kier alpha value is -3.15. The number of ether oxygens (including phenoxy) is 1. The van der Waals surface area contributed by atoms with Crippen LogP contribution in [-0.2, 0) is 22.9 Å². The normalized spacial score (nSPS) is 11.8. The Kier molecular flexibility index (Phi) is 6.58. The van der Waals surface area contributed by atoms with Gasteiger partial charge in [-0.3, -0.25) is 0 Å². The molecular weight excluding hydrogens is 442 g/mol. The first-order chi connectivity index (χ1) is 15.4. The molecule has 0 N–H and O–H groups in total. The molecule has 32 heavy (non-hydrogen) atoms. The van der Waals surface area contributed by atoms with Crippen molar-refractivity contribution in [1.82, 2.24) is 4.98 Å². The molecule has 0 amide bonds. The number of allylic oxidation sites excluding steroid dienone is 1. The van der Waals surface area contributed by atoms with Crippen molar-refractivity contribution < 1.29 is 13.2 Å². The molecule has 4 aromatic rings. The van der Waals surface area contributed by atoms with Gasteiger partial charge in [0.1, 0.15) is 12.4 Å². The van der Waals surface area contributed by atoms with Crippen molar-refractivity contribution in [3.05, 3.63) is 107 Å². The minimum atomic E-state index is -3.25. The van der Waals surface area contributed by atoms with E-state index < -0.39 is 9.84 Å². The quantitative estimate of drug-likeness (QED) is 0.331. The van der Waals surface area contributed by atoms with Crippen molar-refractivity contribution in [2.24, 2.45) is 0 Å². The van der Waals surface area contributed by atoms with Gasteiger partial charge in [-0.1, -0.05) is 66.2 Å². The molecular formula is C26H22ClNO3S. The average Bonchev–Trinajstić information content (AvgIpc) is 2.77. The van der Waals surface area contributed by atoms with E-state index in [9.17, 15) is 8.42 Å². The summed E-state index contributed by atoms with van der Waals surface area (Å²) in [7, 11) is -3.25. The molecule has 0 radical (unpaired) electrons. The van der Waals surface area contributed by atoms with Crippen LogP contribution in [-0.4, -0.2) is 19.7 Å². The Morgan fingerprint density at radius 2 is 1.78 bits per heavy atom. The maximum atomic E-state index is 12.0. The van der Waals surface area contributed by atoms with Gasteiger partial charge in [-0.2, -0.15) is 0 Å².